The van der Waals surface area contributed by atoms with Gasteiger partial charge in [-0.25, -0.2) is 13.2 Å². The van der Waals surface area contributed by atoms with Crippen molar-refractivity contribution in [3.8, 4) is 11.5 Å². The molecule has 0 saturated carbocycles. The second-order valence-electron chi connectivity index (χ2n) is 6.97. The van der Waals surface area contributed by atoms with E-state index in [0.29, 0.717) is 24.7 Å². The number of rotatable bonds is 7. The fourth-order valence-electron chi connectivity index (χ4n) is 3.19. The summed E-state index contributed by atoms with van der Waals surface area (Å²) in [5.74, 6) is -0.344. The summed E-state index contributed by atoms with van der Waals surface area (Å²) in [4.78, 5) is 25.0. The molecular formula is C21H23ClN2O7S. The predicted molar refractivity (Wildman–Crippen MR) is 120 cm³/mol. The maximum absolute atomic E-state index is 12.9. The minimum Gasteiger partial charge on any atom is -0.486 e. The van der Waals surface area contributed by atoms with Crippen LogP contribution < -0.4 is 19.1 Å². The lowest BCUT2D eigenvalue weighted by molar-refractivity contribution is -0.116. The zero-order valence-electron chi connectivity index (χ0n) is 17.8. The largest absolute Gasteiger partial charge is 0.486 e. The third-order valence-corrected chi connectivity index (χ3v) is 6.17. The predicted octanol–water partition coefficient (Wildman–Crippen LogP) is 3.08. The molecule has 1 atom stereocenters. The van der Waals surface area contributed by atoms with Gasteiger partial charge in [-0.15, -0.1) is 0 Å². The number of carbonyl (C=O) groups excluding carboxylic acids is 2. The third-order valence-electron chi connectivity index (χ3n) is 4.60. The van der Waals surface area contributed by atoms with Gasteiger partial charge in [0.1, 0.15) is 19.3 Å². The van der Waals surface area contributed by atoms with E-state index in [1.807, 2.05) is 0 Å². The van der Waals surface area contributed by atoms with E-state index in [1.165, 1.54) is 31.2 Å². The van der Waals surface area contributed by atoms with Crippen LogP contribution in [0.2, 0.25) is 5.02 Å². The Morgan fingerprint density at radius 1 is 1.16 bits per heavy atom. The lowest BCUT2D eigenvalue weighted by atomic mass is 10.2. The first kappa shape index (κ1) is 23.7. The average molecular weight is 483 g/mol. The number of fused-ring (bicyclic) bond motifs is 1. The quantitative estimate of drug-likeness (QED) is 0.603. The Labute approximate surface area is 191 Å². The second-order valence-corrected chi connectivity index (χ2v) is 9.23. The van der Waals surface area contributed by atoms with Crippen LogP contribution in [0.1, 0.15) is 24.2 Å². The summed E-state index contributed by atoms with van der Waals surface area (Å²) in [6.07, 6.45) is 1.01. The van der Waals surface area contributed by atoms with Crippen LogP contribution in [-0.2, 0) is 19.6 Å². The first-order valence-electron chi connectivity index (χ1n) is 9.78. The van der Waals surface area contributed by atoms with Crippen LogP contribution in [0.15, 0.2) is 36.4 Å². The standard InChI is InChI=1S/C21H23ClN2O7S/c1-4-29-21(26)16-11-14(5-7-17(16)22)23-20(25)13(2)24(32(3,27)28)15-6-8-18-19(12-15)31-10-9-30-18/h5-8,11-13H,4,9-10H2,1-3H3,(H,23,25)/t13-/m1/s1. The molecule has 1 N–H and O–H groups in total. The summed E-state index contributed by atoms with van der Waals surface area (Å²) in [6.45, 7) is 4.02. The highest BCUT2D eigenvalue weighted by molar-refractivity contribution is 7.92. The molecule has 1 aliphatic rings. The van der Waals surface area contributed by atoms with Crippen molar-refractivity contribution in [2.75, 3.05) is 35.7 Å². The van der Waals surface area contributed by atoms with E-state index in [9.17, 15) is 18.0 Å². The number of nitrogens with zero attached hydrogens (tertiary/aromatic N) is 1. The molecule has 9 nitrogen and oxygen atoms in total. The lowest BCUT2D eigenvalue weighted by Crippen LogP contribution is -2.45. The van der Waals surface area contributed by atoms with Crippen LogP contribution in [0.5, 0.6) is 11.5 Å². The van der Waals surface area contributed by atoms with Gasteiger partial charge in [-0.1, -0.05) is 11.6 Å². The number of ether oxygens (including phenoxy) is 3. The van der Waals surface area contributed by atoms with Crippen LogP contribution in [0, 0.1) is 0 Å². The molecular weight excluding hydrogens is 460 g/mol. The van der Waals surface area contributed by atoms with E-state index < -0.39 is 27.9 Å². The minimum absolute atomic E-state index is 0.0887. The van der Waals surface area contributed by atoms with Crippen molar-refractivity contribution in [3.05, 3.63) is 47.0 Å². The van der Waals surface area contributed by atoms with Crippen molar-refractivity contribution in [1.82, 2.24) is 0 Å². The molecule has 0 fully saturated rings. The molecule has 2 aromatic rings. The van der Waals surface area contributed by atoms with Gasteiger partial charge >= 0.3 is 5.97 Å². The number of esters is 1. The second kappa shape index (κ2) is 9.66. The molecule has 1 aliphatic heterocycles. The Kier molecular flexibility index (Phi) is 7.15. The first-order chi connectivity index (χ1) is 15.1. The molecule has 1 heterocycles. The Morgan fingerprint density at radius 2 is 1.84 bits per heavy atom. The van der Waals surface area contributed by atoms with Crippen molar-refractivity contribution < 1.29 is 32.2 Å². The Balaban J connectivity index is 1.87. The van der Waals surface area contributed by atoms with Crippen molar-refractivity contribution >= 4 is 44.9 Å². The highest BCUT2D eigenvalue weighted by atomic mass is 35.5. The highest BCUT2D eigenvalue weighted by Gasteiger charge is 2.30. The molecule has 0 aliphatic carbocycles. The minimum atomic E-state index is -3.84. The molecule has 11 heteroatoms. The van der Waals surface area contributed by atoms with Crippen molar-refractivity contribution in [1.29, 1.82) is 0 Å². The molecule has 172 valence electrons. The number of hydrogen-bond acceptors (Lipinski definition) is 7. The molecule has 2 aromatic carbocycles. The molecule has 0 unspecified atom stereocenters. The summed E-state index contributed by atoms with van der Waals surface area (Å²) in [5, 5.41) is 2.79. The van der Waals surface area contributed by atoms with E-state index >= 15 is 0 Å². The lowest BCUT2D eigenvalue weighted by Gasteiger charge is -2.29. The summed E-state index contributed by atoms with van der Waals surface area (Å²) >= 11 is 6.05. The topological polar surface area (TPSA) is 111 Å². The van der Waals surface area contributed by atoms with Crippen molar-refractivity contribution in [2.24, 2.45) is 0 Å². The zero-order valence-corrected chi connectivity index (χ0v) is 19.3. The van der Waals surface area contributed by atoms with Crippen LogP contribution in [-0.4, -0.2) is 52.4 Å². The molecule has 0 bridgehead atoms. The number of carbonyl (C=O) groups is 2. The number of anilines is 2. The van der Waals surface area contributed by atoms with Gasteiger partial charge in [0.15, 0.2) is 11.5 Å². The summed E-state index contributed by atoms with van der Waals surface area (Å²) in [5.41, 5.74) is 0.610. The van der Waals surface area contributed by atoms with Crippen LogP contribution in [0.25, 0.3) is 0 Å². The van der Waals surface area contributed by atoms with Gasteiger partial charge in [0, 0.05) is 11.8 Å². The fourth-order valence-corrected chi connectivity index (χ4v) is 4.55. The third kappa shape index (κ3) is 5.25. The van der Waals surface area contributed by atoms with Gasteiger partial charge in [-0.05, 0) is 44.2 Å². The van der Waals surface area contributed by atoms with Gasteiger partial charge in [-0.2, -0.15) is 0 Å². The maximum Gasteiger partial charge on any atom is 0.339 e. The van der Waals surface area contributed by atoms with Gasteiger partial charge in [-0.3, -0.25) is 9.10 Å². The van der Waals surface area contributed by atoms with Crippen LogP contribution in [0.3, 0.4) is 0 Å². The monoisotopic (exact) mass is 482 g/mol. The number of sulfonamides is 1. The number of amides is 1. The molecule has 0 spiro atoms. The van der Waals surface area contributed by atoms with Crippen LogP contribution in [0.4, 0.5) is 11.4 Å². The van der Waals surface area contributed by atoms with Gasteiger partial charge in [0.25, 0.3) is 0 Å². The molecule has 0 saturated heterocycles. The van der Waals surface area contributed by atoms with Crippen molar-refractivity contribution in [3.63, 3.8) is 0 Å². The summed E-state index contributed by atoms with van der Waals surface area (Å²) in [6, 6.07) is 7.86. The molecule has 3 rings (SSSR count). The number of nitrogens with one attached hydrogen (secondary N) is 1. The van der Waals surface area contributed by atoms with Gasteiger partial charge in [0.2, 0.25) is 15.9 Å². The molecule has 32 heavy (non-hydrogen) atoms. The van der Waals surface area contributed by atoms with Gasteiger partial charge in [0.05, 0.1) is 29.1 Å². The highest BCUT2D eigenvalue weighted by Crippen LogP contribution is 2.35. The SMILES string of the molecule is CCOC(=O)c1cc(NC(=O)[C@@H](C)N(c2ccc3c(c2)OCCO3)S(C)(=O)=O)ccc1Cl. The maximum atomic E-state index is 12.9. The summed E-state index contributed by atoms with van der Waals surface area (Å²) in [7, 11) is -3.84. The number of halogens is 1. The fraction of sp³-hybridized carbons (Fsp3) is 0.333. The van der Waals surface area contributed by atoms with Crippen LogP contribution >= 0.6 is 11.6 Å². The Morgan fingerprint density at radius 3 is 2.50 bits per heavy atom. The van der Waals surface area contributed by atoms with E-state index in [0.717, 1.165) is 10.6 Å². The normalized spacial score (nSPS) is 13.8. The first-order valence-corrected chi connectivity index (χ1v) is 12.0. The number of hydrogen-bond donors (Lipinski definition) is 1. The Hall–Kier alpha value is -2.98. The number of benzene rings is 2. The van der Waals surface area contributed by atoms with Gasteiger partial charge < -0.3 is 19.5 Å². The zero-order chi connectivity index (χ0) is 23.5. The smallest absolute Gasteiger partial charge is 0.339 e. The van der Waals surface area contributed by atoms with E-state index in [-0.39, 0.29) is 28.6 Å². The van der Waals surface area contributed by atoms with E-state index in [2.05, 4.69) is 5.32 Å². The van der Waals surface area contributed by atoms with E-state index in [4.69, 9.17) is 25.8 Å². The molecule has 1 amide bonds. The van der Waals surface area contributed by atoms with Crippen molar-refractivity contribution in [2.45, 2.75) is 19.9 Å². The summed E-state index contributed by atoms with van der Waals surface area (Å²) < 4.78 is 42.0. The molecule has 0 radical (unpaired) electrons. The Bertz CT molecular complexity index is 1140. The van der Waals surface area contributed by atoms with E-state index in [1.54, 1.807) is 19.1 Å². The molecule has 0 aromatic heterocycles. The average Bonchev–Trinajstić information content (AvgIpc) is 2.74.